The van der Waals surface area contributed by atoms with Crippen LogP contribution in [0.3, 0.4) is 0 Å². The highest BCUT2D eigenvalue weighted by molar-refractivity contribution is 8.27. The summed E-state index contributed by atoms with van der Waals surface area (Å²) in [5, 5.41) is 0. The number of thioether (sulfide) groups is 1. The Kier molecular flexibility index (Phi) is 7.58. The molecule has 3 rings (SSSR count). The Morgan fingerprint density at radius 1 is 1.12 bits per heavy atom. The van der Waals surface area contributed by atoms with Gasteiger partial charge in [0, 0.05) is 0 Å². The number of nitrogens with zero attached hydrogens (tertiary/aromatic N) is 1. The van der Waals surface area contributed by atoms with Crippen molar-refractivity contribution in [3.8, 4) is 11.5 Å². The fourth-order valence-electron chi connectivity index (χ4n) is 3.03. The van der Waals surface area contributed by atoms with E-state index in [1.807, 2.05) is 32.0 Å². The molecule has 1 heterocycles. The van der Waals surface area contributed by atoms with Gasteiger partial charge < -0.3 is 14.2 Å². The number of benzene rings is 2. The largest absolute Gasteiger partial charge is 0.493 e. The zero-order chi connectivity index (χ0) is 23.4. The Morgan fingerprint density at radius 3 is 2.53 bits per heavy atom. The molecule has 0 spiro atoms. The Morgan fingerprint density at radius 2 is 1.88 bits per heavy atom. The molecule has 1 fully saturated rings. The standard InChI is InChI=1S/C24H25NO5S2/c1-14(2)30-22(26)13-29-19-9-7-17(11-20(19)28-5)12-21-23(27)25(24(31)32-21)18-8-6-15(3)16(4)10-18/h6-12,14H,13H2,1-5H3/b21-12-. The molecule has 168 valence electrons. The second kappa shape index (κ2) is 10.2. The molecule has 0 N–H and O–H groups in total. The summed E-state index contributed by atoms with van der Waals surface area (Å²) in [5.41, 5.74) is 3.76. The van der Waals surface area contributed by atoms with Crippen LogP contribution in [-0.4, -0.2) is 36.0 Å². The summed E-state index contributed by atoms with van der Waals surface area (Å²) in [5.74, 6) is 0.230. The predicted octanol–water partition coefficient (Wildman–Crippen LogP) is 5.05. The number of rotatable bonds is 7. The first-order valence-corrected chi connectivity index (χ1v) is 11.3. The summed E-state index contributed by atoms with van der Waals surface area (Å²) >= 11 is 6.72. The first kappa shape index (κ1) is 23.8. The first-order chi connectivity index (χ1) is 15.2. The summed E-state index contributed by atoms with van der Waals surface area (Å²) in [4.78, 5) is 26.8. The topological polar surface area (TPSA) is 65.1 Å². The minimum absolute atomic E-state index is 0.168. The highest BCUT2D eigenvalue weighted by Gasteiger charge is 2.33. The number of thiocarbonyl (C=S) groups is 1. The zero-order valence-electron chi connectivity index (χ0n) is 18.6. The summed E-state index contributed by atoms with van der Waals surface area (Å²) in [6, 6.07) is 11.1. The maximum absolute atomic E-state index is 13.0. The van der Waals surface area contributed by atoms with Crippen molar-refractivity contribution in [1.29, 1.82) is 0 Å². The lowest BCUT2D eigenvalue weighted by atomic mass is 10.1. The number of esters is 1. The molecular formula is C24H25NO5S2. The quantitative estimate of drug-likeness (QED) is 0.318. The number of ether oxygens (including phenoxy) is 3. The highest BCUT2D eigenvalue weighted by atomic mass is 32.2. The summed E-state index contributed by atoms with van der Waals surface area (Å²) in [7, 11) is 1.51. The second-order valence-electron chi connectivity index (χ2n) is 7.52. The fourth-order valence-corrected chi connectivity index (χ4v) is 4.33. The van der Waals surface area contributed by atoms with Crippen LogP contribution in [0.2, 0.25) is 0 Å². The molecular weight excluding hydrogens is 446 g/mol. The van der Waals surface area contributed by atoms with Crippen LogP contribution in [0.1, 0.15) is 30.5 Å². The highest BCUT2D eigenvalue weighted by Crippen LogP contribution is 2.37. The minimum Gasteiger partial charge on any atom is -0.493 e. The third kappa shape index (κ3) is 5.49. The monoisotopic (exact) mass is 471 g/mol. The van der Waals surface area contributed by atoms with Gasteiger partial charge in [-0.3, -0.25) is 9.69 Å². The Labute approximate surface area is 197 Å². The van der Waals surface area contributed by atoms with Crippen molar-refractivity contribution in [3.63, 3.8) is 0 Å². The molecule has 2 aromatic rings. The molecule has 8 heteroatoms. The molecule has 1 aliphatic rings. The van der Waals surface area contributed by atoms with Crippen LogP contribution in [0.15, 0.2) is 41.3 Å². The van der Waals surface area contributed by atoms with Crippen molar-refractivity contribution in [2.24, 2.45) is 0 Å². The number of carbonyl (C=O) groups excluding carboxylic acids is 2. The van der Waals surface area contributed by atoms with E-state index in [0.29, 0.717) is 20.7 Å². The number of hydrogen-bond acceptors (Lipinski definition) is 7. The molecule has 0 unspecified atom stereocenters. The molecule has 32 heavy (non-hydrogen) atoms. The van der Waals surface area contributed by atoms with E-state index in [4.69, 9.17) is 26.4 Å². The van der Waals surface area contributed by atoms with Crippen molar-refractivity contribution >= 4 is 51.9 Å². The summed E-state index contributed by atoms with van der Waals surface area (Å²) < 4.78 is 16.5. The SMILES string of the molecule is COc1cc(/C=C2\SC(=S)N(c3ccc(C)c(C)c3)C2=O)ccc1OCC(=O)OC(C)C. The Hall–Kier alpha value is -2.84. The van der Waals surface area contributed by atoms with Gasteiger partial charge in [0.25, 0.3) is 5.91 Å². The van der Waals surface area contributed by atoms with Gasteiger partial charge in [-0.05, 0) is 74.7 Å². The molecule has 1 aliphatic heterocycles. The average molecular weight is 472 g/mol. The van der Waals surface area contributed by atoms with E-state index >= 15 is 0 Å². The fraction of sp³-hybridized carbons (Fsp3) is 0.292. The van der Waals surface area contributed by atoms with E-state index < -0.39 is 5.97 Å². The number of anilines is 1. The van der Waals surface area contributed by atoms with Gasteiger partial charge in [0.1, 0.15) is 0 Å². The van der Waals surface area contributed by atoms with Crippen molar-refractivity contribution in [1.82, 2.24) is 0 Å². The molecule has 0 saturated carbocycles. The molecule has 0 aromatic heterocycles. The average Bonchev–Trinajstić information content (AvgIpc) is 3.01. The lowest BCUT2D eigenvalue weighted by Gasteiger charge is -2.16. The van der Waals surface area contributed by atoms with E-state index in [1.165, 1.54) is 18.9 Å². The summed E-state index contributed by atoms with van der Waals surface area (Å²) in [6.07, 6.45) is 1.55. The number of aryl methyl sites for hydroxylation is 2. The molecule has 0 radical (unpaired) electrons. The van der Waals surface area contributed by atoms with Crippen LogP contribution in [0.25, 0.3) is 6.08 Å². The van der Waals surface area contributed by atoms with Gasteiger partial charge in [-0.1, -0.05) is 36.1 Å². The van der Waals surface area contributed by atoms with Crippen LogP contribution in [-0.2, 0) is 14.3 Å². The zero-order valence-corrected chi connectivity index (χ0v) is 20.3. The van der Waals surface area contributed by atoms with Crippen LogP contribution in [0.4, 0.5) is 5.69 Å². The smallest absolute Gasteiger partial charge is 0.344 e. The van der Waals surface area contributed by atoms with E-state index in [1.54, 1.807) is 43.0 Å². The van der Waals surface area contributed by atoms with Gasteiger partial charge in [0.05, 0.1) is 23.8 Å². The number of amides is 1. The van der Waals surface area contributed by atoms with Crippen molar-refractivity contribution in [2.75, 3.05) is 18.6 Å². The van der Waals surface area contributed by atoms with Crippen LogP contribution in [0.5, 0.6) is 11.5 Å². The maximum Gasteiger partial charge on any atom is 0.344 e. The van der Waals surface area contributed by atoms with E-state index in [-0.39, 0.29) is 18.6 Å². The van der Waals surface area contributed by atoms with E-state index in [0.717, 1.165) is 22.4 Å². The Balaban J connectivity index is 1.79. The van der Waals surface area contributed by atoms with Gasteiger partial charge >= 0.3 is 5.97 Å². The molecule has 1 saturated heterocycles. The van der Waals surface area contributed by atoms with Gasteiger partial charge in [-0.25, -0.2) is 4.79 Å². The Bertz CT molecular complexity index is 1090. The molecule has 0 atom stereocenters. The van der Waals surface area contributed by atoms with Gasteiger partial charge in [0.2, 0.25) is 0 Å². The molecule has 0 bridgehead atoms. The molecule has 2 aromatic carbocycles. The van der Waals surface area contributed by atoms with Crippen LogP contribution >= 0.6 is 24.0 Å². The number of methoxy groups -OCH3 is 1. The maximum atomic E-state index is 13.0. The minimum atomic E-state index is -0.457. The summed E-state index contributed by atoms with van der Waals surface area (Å²) in [6.45, 7) is 7.36. The normalized spacial score (nSPS) is 14.9. The van der Waals surface area contributed by atoms with E-state index in [2.05, 4.69) is 0 Å². The first-order valence-electron chi connectivity index (χ1n) is 10.0. The van der Waals surface area contributed by atoms with Crippen LogP contribution < -0.4 is 14.4 Å². The molecule has 0 aliphatic carbocycles. The lowest BCUT2D eigenvalue weighted by molar-refractivity contribution is -0.149. The second-order valence-corrected chi connectivity index (χ2v) is 9.20. The van der Waals surface area contributed by atoms with Crippen LogP contribution in [0, 0.1) is 13.8 Å². The number of hydrogen-bond donors (Lipinski definition) is 0. The van der Waals surface area contributed by atoms with Crippen molar-refractivity contribution < 1.29 is 23.8 Å². The lowest BCUT2D eigenvalue weighted by Crippen LogP contribution is -2.27. The van der Waals surface area contributed by atoms with E-state index in [9.17, 15) is 9.59 Å². The van der Waals surface area contributed by atoms with Gasteiger partial charge in [-0.2, -0.15) is 0 Å². The third-order valence-corrected chi connectivity index (χ3v) is 6.04. The van der Waals surface area contributed by atoms with Gasteiger partial charge in [-0.15, -0.1) is 0 Å². The third-order valence-electron chi connectivity index (χ3n) is 4.74. The van der Waals surface area contributed by atoms with Gasteiger partial charge in [0.15, 0.2) is 22.4 Å². The molecule has 6 nitrogen and oxygen atoms in total. The predicted molar refractivity (Wildman–Crippen MR) is 131 cm³/mol. The molecule has 1 amide bonds. The van der Waals surface area contributed by atoms with Crippen molar-refractivity contribution in [2.45, 2.75) is 33.8 Å². The number of carbonyl (C=O) groups is 2. The van der Waals surface area contributed by atoms with Crippen molar-refractivity contribution in [3.05, 3.63) is 58.0 Å².